The molecular formula is C13H22ClN3. The van der Waals surface area contributed by atoms with Crippen LogP contribution in [0.4, 0.5) is 0 Å². The van der Waals surface area contributed by atoms with Gasteiger partial charge in [-0.1, -0.05) is 25.4 Å². The molecule has 4 heteroatoms. The number of aryl methyl sites for hydroxylation is 1. The lowest BCUT2D eigenvalue weighted by Crippen LogP contribution is -2.27. The van der Waals surface area contributed by atoms with Crippen LogP contribution in [0.2, 0.25) is 5.02 Å². The number of aromatic nitrogens is 2. The molecule has 1 saturated carbocycles. The van der Waals surface area contributed by atoms with E-state index in [1.165, 1.54) is 12.8 Å². The molecule has 1 heterocycles. The van der Waals surface area contributed by atoms with Gasteiger partial charge < -0.3 is 5.32 Å². The van der Waals surface area contributed by atoms with Crippen LogP contribution in [-0.2, 0) is 6.54 Å². The van der Waals surface area contributed by atoms with Crippen molar-refractivity contribution in [3.63, 3.8) is 0 Å². The maximum atomic E-state index is 6.30. The van der Waals surface area contributed by atoms with E-state index in [1.54, 1.807) is 6.20 Å². The van der Waals surface area contributed by atoms with Gasteiger partial charge >= 0.3 is 0 Å². The Morgan fingerprint density at radius 3 is 2.82 bits per heavy atom. The average Bonchev–Trinajstić information content (AvgIpc) is 3.10. The van der Waals surface area contributed by atoms with E-state index in [0.717, 1.165) is 29.6 Å². The Labute approximate surface area is 109 Å². The summed E-state index contributed by atoms with van der Waals surface area (Å²) in [6.07, 6.45) is 5.58. The van der Waals surface area contributed by atoms with Crippen LogP contribution in [-0.4, -0.2) is 16.8 Å². The minimum atomic E-state index is 0.323. The summed E-state index contributed by atoms with van der Waals surface area (Å²) in [5.41, 5.74) is 1.16. The van der Waals surface area contributed by atoms with Gasteiger partial charge in [0.1, 0.15) is 0 Å². The van der Waals surface area contributed by atoms with Crippen LogP contribution in [0.15, 0.2) is 6.20 Å². The first-order chi connectivity index (χ1) is 8.19. The van der Waals surface area contributed by atoms with Crippen molar-refractivity contribution >= 4 is 11.6 Å². The summed E-state index contributed by atoms with van der Waals surface area (Å²) in [4.78, 5) is 0. The lowest BCUT2D eigenvalue weighted by atomic mass is 9.94. The SMILES string of the molecule is CCCn1ncc(Cl)c1C(NC)C(C)C1CC1. The van der Waals surface area contributed by atoms with E-state index in [2.05, 4.69) is 28.9 Å². The van der Waals surface area contributed by atoms with Gasteiger partial charge in [-0.15, -0.1) is 0 Å². The minimum absolute atomic E-state index is 0.323. The Balaban J connectivity index is 2.24. The van der Waals surface area contributed by atoms with Gasteiger partial charge in [-0.25, -0.2) is 0 Å². The number of nitrogens with zero attached hydrogens (tertiary/aromatic N) is 2. The lowest BCUT2D eigenvalue weighted by Gasteiger charge is -2.25. The highest BCUT2D eigenvalue weighted by Crippen LogP contribution is 2.43. The molecule has 2 atom stereocenters. The lowest BCUT2D eigenvalue weighted by molar-refractivity contribution is 0.346. The Hall–Kier alpha value is -0.540. The number of halogens is 1. The first-order valence-corrected chi connectivity index (χ1v) is 6.95. The van der Waals surface area contributed by atoms with E-state index in [0.29, 0.717) is 12.0 Å². The molecule has 0 aliphatic heterocycles. The summed E-state index contributed by atoms with van der Waals surface area (Å²) in [7, 11) is 2.02. The molecule has 1 aromatic rings. The molecule has 3 nitrogen and oxygen atoms in total. The Kier molecular flexibility index (Phi) is 4.10. The monoisotopic (exact) mass is 255 g/mol. The number of nitrogens with one attached hydrogen (secondary N) is 1. The Morgan fingerprint density at radius 1 is 1.59 bits per heavy atom. The molecule has 17 heavy (non-hydrogen) atoms. The number of hydrogen-bond donors (Lipinski definition) is 1. The van der Waals surface area contributed by atoms with Crippen LogP contribution in [0, 0.1) is 11.8 Å². The van der Waals surface area contributed by atoms with Gasteiger partial charge in [0, 0.05) is 6.54 Å². The van der Waals surface area contributed by atoms with Gasteiger partial charge in [-0.2, -0.15) is 5.10 Å². The van der Waals surface area contributed by atoms with Crippen molar-refractivity contribution in [1.82, 2.24) is 15.1 Å². The first kappa shape index (κ1) is 12.9. The van der Waals surface area contributed by atoms with Gasteiger partial charge in [-0.05, 0) is 38.1 Å². The van der Waals surface area contributed by atoms with Crippen LogP contribution < -0.4 is 5.32 Å². The molecule has 1 aromatic heterocycles. The van der Waals surface area contributed by atoms with Crippen LogP contribution in [0.25, 0.3) is 0 Å². The normalized spacial score (nSPS) is 19.3. The molecule has 1 aliphatic carbocycles. The van der Waals surface area contributed by atoms with Gasteiger partial charge in [0.2, 0.25) is 0 Å². The standard InChI is InChI=1S/C13H22ClN3/c1-4-7-17-13(11(14)8-16-17)12(15-3)9(2)10-5-6-10/h8-10,12,15H,4-7H2,1-3H3. The predicted octanol–water partition coefficient (Wildman–Crippen LogP) is 3.25. The average molecular weight is 256 g/mol. The quantitative estimate of drug-likeness (QED) is 0.846. The summed E-state index contributed by atoms with van der Waals surface area (Å²) in [5.74, 6) is 1.48. The summed E-state index contributed by atoms with van der Waals surface area (Å²) >= 11 is 6.30. The molecule has 1 N–H and O–H groups in total. The van der Waals surface area contributed by atoms with Gasteiger partial charge in [-0.3, -0.25) is 4.68 Å². The van der Waals surface area contributed by atoms with E-state index in [1.807, 2.05) is 7.05 Å². The maximum absolute atomic E-state index is 6.30. The van der Waals surface area contributed by atoms with Crippen LogP contribution >= 0.6 is 11.6 Å². The summed E-state index contributed by atoms with van der Waals surface area (Å²) in [5, 5.41) is 8.60. The second kappa shape index (κ2) is 5.40. The highest BCUT2D eigenvalue weighted by atomic mass is 35.5. The van der Waals surface area contributed by atoms with Crippen LogP contribution in [0.5, 0.6) is 0 Å². The highest BCUT2D eigenvalue weighted by molar-refractivity contribution is 6.31. The van der Waals surface area contributed by atoms with Gasteiger partial charge in [0.05, 0.1) is 23.0 Å². The fourth-order valence-electron chi connectivity index (χ4n) is 2.61. The maximum Gasteiger partial charge on any atom is 0.0834 e. The predicted molar refractivity (Wildman–Crippen MR) is 71.2 cm³/mol. The third-order valence-corrected chi connectivity index (χ3v) is 4.06. The van der Waals surface area contributed by atoms with E-state index >= 15 is 0 Å². The van der Waals surface area contributed by atoms with Crippen molar-refractivity contribution in [2.45, 2.75) is 45.7 Å². The molecular weight excluding hydrogens is 234 g/mol. The van der Waals surface area contributed by atoms with Gasteiger partial charge in [0.25, 0.3) is 0 Å². The first-order valence-electron chi connectivity index (χ1n) is 6.57. The number of hydrogen-bond acceptors (Lipinski definition) is 2. The second-order valence-electron chi connectivity index (χ2n) is 5.06. The minimum Gasteiger partial charge on any atom is -0.311 e. The fraction of sp³-hybridized carbons (Fsp3) is 0.769. The van der Waals surface area contributed by atoms with Crippen molar-refractivity contribution in [3.8, 4) is 0 Å². The zero-order valence-corrected chi connectivity index (χ0v) is 11.7. The van der Waals surface area contributed by atoms with E-state index in [9.17, 15) is 0 Å². The Morgan fingerprint density at radius 2 is 2.29 bits per heavy atom. The van der Waals surface area contributed by atoms with E-state index in [-0.39, 0.29) is 0 Å². The van der Waals surface area contributed by atoms with Gasteiger partial charge in [0.15, 0.2) is 0 Å². The molecule has 2 rings (SSSR count). The molecule has 1 fully saturated rings. The smallest absolute Gasteiger partial charge is 0.0834 e. The van der Waals surface area contributed by atoms with Crippen molar-refractivity contribution in [2.24, 2.45) is 11.8 Å². The summed E-state index contributed by atoms with van der Waals surface area (Å²) in [6, 6.07) is 0.323. The molecule has 0 aromatic carbocycles. The molecule has 1 aliphatic rings. The molecule has 96 valence electrons. The van der Waals surface area contributed by atoms with Crippen LogP contribution in [0.1, 0.15) is 44.8 Å². The molecule has 0 spiro atoms. The fourth-order valence-corrected chi connectivity index (χ4v) is 2.87. The molecule has 0 amide bonds. The highest BCUT2D eigenvalue weighted by Gasteiger charge is 2.35. The topological polar surface area (TPSA) is 29.9 Å². The zero-order valence-electron chi connectivity index (χ0n) is 10.9. The Bertz CT molecular complexity index is 371. The van der Waals surface area contributed by atoms with E-state index in [4.69, 9.17) is 11.6 Å². The number of rotatable bonds is 6. The molecule has 0 radical (unpaired) electrons. The third kappa shape index (κ3) is 2.66. The molecule has 0 saturated heterocycles. The zero-order chi connectivity index (χ0) is 12.4. The largest absolute Gasteiger partial charge is 0.311 e. The second-order valence-corrected chi connectivity index (χ2v) is 5.47. The van der Waals surface area contributed by atoms with E-state index < -0.39 is 0 Å². The van der Waals surface area contributed by atoms with Crippen molar-refractivity contribution in [1.29, 1.82) is 0 Å². The van der Waals surface area contributed by atoms with Crippen molar-refractivity contribution < 1.29 is 0 Å². The summed E-state index contributed by atoms with van der Waals surface area (Å²) < 4.78 is 2.06. The van der Waals surface area contributed by atoms with Crippen LogP contribution in [0.3, 0.4) is 0 Å². The van der Waals surface area contributed by atoms with Crippen molar-refractivity contribution in [2.75, 3.05) is 7.05 Å². The summed E-state index contributed by atoms with van der Waals surface area (Å²) in [6.45, 7) is 5.42. The molecule has 0 bridgehead atoms. The third-order valence-electron chi connectivity index (χ3n) is 3.77. The van der Waals surface area contributed by atoms with Crippen molar-refractivity contribution in [3.05, 3.63) is 16.9 Å². The molecule has 2 unspecified atom stereocenters.